The normalized spacial score (nSPS) is 19.8. The Bertz CT molecular complexity index is 781. The number of hydrogen-bond acceptors (Lipinski definition) is 4. The van der Waals surface area contributed by atoms with Gasteiger partial charge in [0.2, 0.25) is 5.91 Å². The van der Waals surface area contributed by atoms with Crippen molar-refractivity contribution in [2.45, 2.75) is 38.1 Å². The second kappa shape index (κ2) is 9.44. The minimum Gasteiger partial charge on any atom is -0.468 e. The molecule has 5 nitrogen and oxygen atoms in total. The number of carbonyl (C=O) groups excluding carboxylic acids is 1. The molecule has 1 saturated carbocycles. The van der Waals surface area contributed by atoms with E-state index in [1.807, 2.05) is 24.3 Å². The lowest BCUT2D eigenvalue weighted by Gasteiger charge is -2.39. The van der Waals surface area contributed by atoms with Gasteiger partial charge >= 0.3 is 0 Å². The number of halogens is 1. The van der Waals surface area contributed by atoms with Crippen LogP contribution in [0.2, 0.25) is 0 Å². The first-order valence-electron chi connectivity index (χ1n) is 10.8. The van der Waals surface area contributed by atoms with Crippen molar-refractivity contribution in [1.82, 2.24) is 10.2 Å². The zero-order chi connectivity index (χ0) is 20.1. The molecule has 0 bridgehead atoms. The zero-order valence-electron chi connectivity index (χ0n) is 16.9. The van der Waals surface area contributed by atoms with Gasteiger partial charge in [0, 0.05) is 38.6 Å². The van der Waals surface area contributed by atoms with Gasteiger partial charge in [0.1, 0.15) is 11.6 Å². The van der Waals surface area contributed by atoms with E-state index in [0.29, 0.717) is 12.2 Å². The molecule has 1 N–H and O–H groups in total. The van der Waals surface area contributed by atoms with Crippen molar-refractivity contribution in [3.8, 4) is 0 Å². The van der Waals surface area contributed by atoms with Crippen LogP contribution in [0.15, 0.2) is 47.1 Å². The highest BCUT2D eigenvalue weighted by Crippen LogP contribution is 2.27. The summed E-state index contributed by atoms with van der Waals surface area (Å²) in [6, 6.07) is 10.8. The van der Waals surface area contributed by atoms with Gasteiger partial charge in [-0.05, 0) is 37.1 Å². The van der Waals surface area contributed by atoms with Gasteiger partial charge < -0.3 is 14.6 Å². The van der Waals surface area contributed by atoms with Crippen LogP contribution in [0, 0.1) is 11.7 Å². The maximum Gasteiger partial charge on any atom is 0.223 e. The Kier molecular flexibility index (Phi) is 6.49. The third-order valence-corrected chi connectivity index (χ3v) is 6.27. The molecule has 2 heterocycles. The number of benzene rings is 1. The average molecular weight is 400 g/mol. The highest BCUT2D eigenvalue weighted by Gasteiger charge is 2.29. The molecule has 29 heavy (non-hydrogen) atoms. The van der Waals surface area contributed by atoms with Crippen LogP contribution >= 0.6 is 0 Å². The van der Waals surface area contributed by atoms with Gasteiger partial charge in [0.05, 0.1) is 18.0 Å². The number of carbonyl (C=O) groups is 1. The van der Waals surface area contributed by atoms with E-state index in [9.17, 15) is 9.18 Å². The standard InChI is InChI=1S/C23H30FN3O2/c24-19-9-4-5-10-20(19)26-12-14-27(15-13-26)21(22-11-6-16-29-22)17-25-23(28)18-7-2-1-3-8-18/h4-6,9-11,16,18,21H,1-3,7-8,12-15,17H2,(H,25,28)/t21-/m1/s1. The molecule has 1 saturated heterocycles. The van der Waals surface area contributed by atoms with E-state index in [-0.39, 0.29) is 23.7 Å². The summed E-state index contributed by atoms with van der Waals surface area (Å²) in [6.07, 6.45) is 7.22. The van der Waals surface area contributed by atoms with Gasteiger partial charge in [0.15, 0.2) is 0 Å². The summed E-state index contributed by atoms with van der Waals surface area (Å²) in [4.78, 5) is 17.0. The number of nitrogens with one attached hydrogen (secondary N) is 1. The second-order valence-corrected chi connectivity index (χ2v) is 8.09. The molecule has 1 atom stereocenters. The summed E-state index contributed by atoms with van der Waals surface area (Å²) < 4.78 is 19.8. The summed E-state index contributed by atoms with van der Waals surface area (Å²) in [5.74, 6) is 1.02. The molecule has 2 fully saturated rings. The van der Waals surface area contributed by atoms with Crippen LogP contribution in [-0.4, -0.2) is 43.5 Å². The van der Waals surface area contributed by atoms with E-state index in [4.69, 9.17) is 4.42 Å². The lowest BCUT2D eigenvalue weighted by atomic mass is 9.88. The molecule has 0 unspecified atom stereocenters. The minimum absolute atomic E-state index is 0.000288. The molecule has 2 aromatic rings. The SMILES string of the molecule is O=C(NC[C@H](c1ccco1)N1CCN(c2ccccc2F)CC1)C1CCCCC1. The largest absolute Gasteiger partial charge is 0.468 e. The quantitative estimate of drug-likeness (QED) is 0.798. The highest BCUT2D eigenvalue weighted by molar-refractivity contribution is 5.78. The van der Waals surface area contributed by atoms with Crippen molar-refractivity contribution in [2.75, 3.05) is 37.6 Å². The topological polar surface area (TPSA) is 48.7 Å². The first kappa shape index (κ1) is 20.0. The Hall–Kier alpha value is -2.34. The first-order chi connectivity index (χ1) is 14.2. The molecule has 4 rings (SSSR count). The van der Waals surface area contributed by atoms with Crippen molar-refractivity contribution in [1.29, 1.82) is 0 Å². The Labute approximate surface area is 171 Å². The molecule has 1 aliphatic heterocycles. The van der Waals surface area contributed by atoms with E-state index in [1.54, 1.807) is 12.3 Å². The molecule has 1 aromatic heterocycles. The first-order valence-corrected chi connectivity index (χ1v) is 10.8. The van der Waals surface area contributed by atoms with Crippen molar-refractivity contribution in [3.05, 3.63) is 54.2 Å². The number of furan rings is 1. The monoisotopic (exact) mass is 399 g/mol. The average Bonchev–Trinajstić information content (AvgIpc) is 3.30. The van der Waals surface area contributed by atoms with Gasteiger partial charge in [0.25, 0.3) is 0 Å². The Morgan fingerprint density at radius 1 is 1.07 bits per heavy atom. The third-order valence-electron chi connectivity index (χ3n) is 6.27. The fraction of sp³-hybridized carbons (Fsp3) is 0.522. The summed E-state index contributed by atoms with van der Waals surface area (Å²) in [5, 5.41) is 3.18. The number of hydrogen-bond donors (Lipinski definition) is 1. The van der Waals surface area contributed by atoms with Crippen LogP contribution in [0.5, 0.6) is 0 Å². The molecular weight excluding hydrogens is 369 g/mol. The summed E-state index contributed by atoms with van der Waals surface area (Å²) in [7, 11) is 0. The van der Waals surface area contributed by atoms with E-state index >= 15 is 0 Å². The van der Waals surface area contributed by atoms with Crippen LogP contribution in [0.1, 0.15) is 43.9 Å². The van der Waals surface area contributed by atoms with Crippen molar-refractivity contribution < 1.29 is 13.6 Å². The maximum atomic E-state index is 14.1. The predicted molar refractivity (Wildman–Crippen MR) is 111 cm³/mol. The molecular formula is C23H30FN3O2. The number of piperazine rings is 1. The fourth-order valence-electron chi connectivity index (χ4n) is 4.58. The van der Waals surface area contributed by atoms with E-state index in [2.05, 4.69) is 15.1 Å². The van der Waals surface area contributed by atoms with Crippen LogP contribution in [0.3, 0.4) is 0 Å². The van der Waals surface area contributed by atoms with Gasteiger partial charge in [-0.25, -0.2) is 4.39 Å². The van der Waals surface area contributed by atoms with Gasteiger partial charge in [-0.1, -0.05) is 31.4 Å². The number of rotatable bonds is 6. The third kappa shape index (κ3) is 4.81. The Morgan fingerprint density at radius 2 is 1.83 bits per heavy atom. The molecule has 156 valence electrons. The summed E-state index contributed by atoms with van der Waals surface area (Å²) in [6.45, 7) is 3.62. The maximum absolute atomic E-state index is 14.1. The number of para-hydroxylation sites is 1. The molecule has 6 heteroatoms. The Morgan fingerprint density at radius 3 is 2.52 bits per heavy atom. The molecule has 2 aliphatic rings. The van der Waals surface area contributed by atoms with E-state index < -0.39 is 0 Å². The van der Waals surface area contributed by atoms with Crippen molar-refractivity contribution in [2.24, 2.45) is 5.92 Å². The zero-order valence-corrected chi connectivity index (χ0v) is 16.9. The molecule has 1 aromatic carbocycles. The molecule has 1 amide bonds. The minimum atomic E-state index is -0.178. The molecule has 1 aliphatic carbocycles. The van der Waals surface area contributed by atoms with Crippen molar-refractivity contribution in [3.63, 3.8) is 0 Å². The van der Waals surface area contributed by atoms with Crippen LogP contribution in [0.25, 0.3) is 0 Å². The van der Waals surface area contributed by atoms with Crippen LogP contribution < -0.4 is 10.2 Å². The van der Waals surface area contributed by atoms with Crippen molar-refractivity contribution >= 4 is 11.6 Å². The molecule has 0 radical (unpaired) electrons. The lowest BCUT2D eigenvalue weighted by molar-refractivity contribution is -0.126. The lowest BCUT2D eigenvalue weighted by Crippen LogP contribution is -2.50. The highest BCUT2D eigenvalue weighted by atomic mass is 19.1. The predicted octanol–water partition coefficient (Wildman–Crippen LogP) is 3.98. The van der Waals surface area contributed by atoms with E-state index in [0.717, 1.165) is 57.6 Å². The number of anilines is 1. The van der Waals surface area contributed by atoms with Gasteiger partial charge in [-0.15, -0.1) is 0 Å². The van der Waals surface area contributed by atoms with Gasteiger partial charge in [-0.2, -0.15) is 0 Å². The Balaban J connectivity index is 1.38. The summed E-state index contributed by atoms with van der Waals surface area (Å²) >= 11 is 0. The van der Waals surface area contributed by atoms with Crippen LogP contribution in [-0.2, 0) is 4.79 Å². The fourth-order valence-corrected chi connectivity index (χ4v) is 4.58. The molecule has 0 spiro atoms. The van der Waals surface area contributed by atoms with Gasteiger partial charge in [-0.3, -0.25) is 9.69 Å². The number of amides is 1. The smallest absolute Gasteiger partial charge is 0.223 e. The summed E-state index contributed by atoms with van der Waals surface area (Å²) in [5.41, 5.74) is 0.660. The number of nitrogens with zero attached hydrogens (tertiary/aromatic N) is 2. The second-order valence-electron chi connectivity index (χ2n) is 8.09. The van der Waals surface area contributed by atoms with Crippen LogP contribution in [0.4, 0.5) is 10.1 Å². The van der Waals surface area contributed by atoms with E-state index in [1.165, 1.54) is 12.5 Å².